The van der Waals surface area contributed by atoms with Gasteiger partial charge in [-0.25, -0.2) is 9.97 Å². The van der Waals surface area contributed by atoms with Gasteiger partial charge in [0, 0.05) is 30.5 Å². The van der Waals surface area contributed by atoms with Gasteiger partial charge in [0.2, 0.25) is 0 Å². The number of nitrogens with zero attached hydrogens (tertiary/aromatic N) is 2. The molecule has 1 aliphatic carbocycles. The van der Waals surface area contributed by atoms with Gasteiger partial charge in [0.1, 0.15) is 5.82 Å². The third-order valence-corrected chi connectivity index (χ3v) is 4.42. The average Bonchev–Trinajstić information content (AvgIpc) is 3.25. The summed E-state index contributed by atoms with van der Waals surface area (Å²) in [5.74, 6) is 1.08. The van der Waals surface area contributed by atoms with Gasteiger partial charge in [-0.3, -0.25) is 0 Å². The Morgan fingerprint density at radius 2 is 1.71 bits per heavy atom. The predicted molar refractivity (Wildman–Crippen MR) is 85.8 cm³/mol. The van der Waals surface area contributed by atoms with Crippen molar-refractivity contribution in [2.75, 3.05) is 26.8 Å². The first-order valence-corrected chi connectivity index (χ1v) is 8.23. The lowest BCUT2D eigenvalue weighted by atomic mass is 10.0. The number of aryl methyl sites for hydroxylation is 2. The Kier molecular flexibility index (Phi) is 5.71. The van der Waals surface area contributed by atoms with Crippen molar-refractivity contribution in [3.63, 3.8) is 0 Å². The lowest BCUT2D eigenvalue weighted by molar-refractivity contribution is 0.199. The van der Waals surface area contributed by atoms with Crippen molar-refractivity contribution in [2.24, 2.45) is 0 Å². The van der Waals surface area contributed by atoms with E-state index >= 15 is 0 Å². The minimum absolute atomic E-state index is 0.253. The molecule has 0 bridgehead atoms. The van der Waals surface area contributed by atoms with E-state index in [4.69, 9.17) is 14.7 Å². The second-order valence-corrected chi connectivity index (χ2v) is 6.18. The third kappa shape index (κ3) is 4.01. The van der Waals surface area contributed by atoms with Crippen LogP contribution in [0.1, 0.15) is 56.4 Å². The van der Waals surface area contributed by atoms with Gasteiger partial charge in [-0.1, -0.05) is 20.8 Å². The Morgan fingerprint density at radius 1 is 1.10 bits per heavy atom. The van der Waals surface area contributed by atoms with Crippen molar-refractivity contribution in [2.45, 2.75) is 58.3 Å². The zero-order valence-corrected chi connectivity index (χ0v) is 14.0. The van der Waals surface area contributed by atoms with E-state index in [1.807, 2.05) is 0 Å². The lowest BCUT2D eigenvalue weighted by Crippen LogP contribution is -2.23. The summed E-state index contributed by atoms with van der Waals surface area (Å²) < 4.78 is 5.06. The Morgan fingerprint density at radius 3 is 2.19 bits per heavy atom. The normalized spacial score (nSPS) is 16.2. The van der Waals surface area contributed by atoms with E-state index < -0.39 is 0 Å². The predicted octanol–water partition coefficient (Wildman–Crippen LogP) is 2.43. The van der Waals surface area contributed by atoms with Gasteiger partial charge in [-0.05, 0) is 44.2 Å². The molecular weight excluding hydrogens is 262 g/mol. The van der Waals surface area contributed by atoms with Crippen LogP contribution in [0.5, 0.6) is 0 Å². The molecule has 1 N–H and O–H groups in total. The number of methoxy groups -OCH3 is 1. The van der Waals surface area contributed by atoms with Crippen molar-refractivity contribution in [1.82, 2.24) is 15.3 Å². The highest BCUT2D eigenvalue weighted by molar-refractivity contribution is 5.30. The van der Waals surface area contributed by atoms with Crippen molar-refractivity contribution in [3.8, 4) is 0 Å². The van der Waals surface area contributed by atoms with Crippen LogP contribution in [0.25, 0.3) is 0 Å². The summed E-state index contributed by atoms with van der Waals surface area (Å²) in [6, 6.07) is 0. The molecule has 0 unspecified atom stereocenters. The molecule has 4 heteroatoms. The standard InChI is InChI=1S/C17H29N3O/c1-5-14-13(7-10-18-11-12-21-4)15(6-2)20-16(19-14)17(3)8-9-17/h18H,5-12H2,1-4H3. The molecule has 0 radical (unpaired) electrons. The summed E-state index contributed by atoms with van der Waals surface area (Å²) in [5, 5.41) is 3.41. The fourth-order valence-corrected chi connectivity index (χ4v) is 2.65. The van der Waals surface area contributed by atoms with Crippen molar-refractivity contribution in [3.05, 3.63) is 22.8 Å². The minimum atomic E-state index is 0.253. The van der Waals surface area contributed by atoms with Crippen LogP contribution in [0.3, 0.4) is 0 Å². The molecule has 1 fully saturated rings. The average molecular weight is 291 g/mol. The second-order valence-electron chi connectivity index (χ2n) is 6.18. The van der Waals surface area contributed by atoms with E-state index in [0.29, 0.717) is 0 Å². The van der Waals surface area contributed by atoms with Crippen LogP contribution in [0.4, 0.5) is 0 Å². The molecule has 0 saturated heterocycles. The molecule has 0 aromatic carbocycles. The van der Waals surface area contributed by atoms with E-state index in [9.17, 15) is 0 Å². The van der Waals surface area contributed by atoms with Gasteiger partial charge in [0.05, 0.1) is 6.61 Å². The van der Waals surface area contributed by atoms with Gasteiger partial charge in [-0.2, -0.15) is 0 Å². The molecule has 1 aliphatic rings. The highest BCUT2D eigenvalue weighted by Gasteiger charge is 2.42. The number of nitrogens with one attached hydrogen (secondary N) is 1. The molecule has 1 aromatic heterocycles. The highest BCUT2D eigenvalue weighted by Crippen LogP contribution is 2.46. The summed E-state index contributed by atoms with van der Waals surface area (Å²) >= 11 is 0. The van der Waals surface area contributed by atoms with E-state index in [1.54, 1.807) is 7.11 Å². The fraction of sp³-hybridized carbons (Fsp3) is 0.765. The Hall–Kier alpha value is -1.00. The van der Waals surface area contributed by atoms with Gasteiger partial charge in [0.15, 0.2) is 0 Å². The molecule has 118 valence electrons. The Bertz CT molecular complexity index is 444. The van der Waals surface area contributed by atoms with Gasteiger partial charge in [0.25, 0.3) is 0 Å². The maximum atomic E-state index is 5.06. The molecule has 2 rings (SSSR count). The van der Waals surface area contributed by atoms with Crippen molar-refractivity contribution < 1.29 is 4.74 Å². The zero-order valence-electron chi connectivity index (χ0n) is 14.0. The lowest BCUT2D eigenvalue weighted by Gasteiger charge is -2.16. The molecule has 1 aromatic rings. The quantitative estimate of drug-likeness (QED) is 0.710. The Labute approximate surface area is 128 Å². The second kappa shape index (κ2) is 7.32. The number of aromatic nitrogens is 2. The van der Waals surface area contributed by atoms with Crippen molar-refractivity contribution >= 4 is 0 Å². The summed E-state index contributed by atoms with van der Waals surface area (Å²) in [4.78, 5) is 9.77. The molecule has 4 nitrogen and oxygen atoms in total. The van der Waals surface area contributed by atoms with E-state index in [1.165, 1.54) is 29.8 Å². The first kappa shape index (κ1) is 16.4. The monoisotopic (exact) mass is 291 g/mol. The molecule has 1 heterocycles. The van der Waals surface area contributed by atoms with Crippen LogP contribution >= 0.6 is 0 Å². The number of hydrogen-bond acceptors (Lipinski definition) is 4. The van der Waals surface area contributed by atoms with Crippen molar-refractivity contribution in [1.29, 1.82) is 0 Å². The van der Waals surface area contributed by atoms with Crippen LogP contribution in [0.15, 0.2) is 0 Å². The van der Waals surface area contributed by atoms with Crippen LogP contribution < -0.4 is 5.32 Å². The smallest absolute Gasteiger partial charge is 0.134 e. The third-order valence-electron chi connectivity index (χ3n) is 4.42. The van der Waals surface area contributed by atoms with E-state index in [0.717, 1.165) is 44.8 Å². The van der Waals surface area contributed by atoms with E-state index in [2.05, 4.69) is 26.1 Å². The number of rotatable bonds is 9. The first-order valence-electron chi connectivity index (χ1n) is 8.23. The molecule has 0 spiro atoms. The molecule has 0 atom stereocenters. The molecular formula is C17H29N3O. The minimum Gasteiger partial charge on any atom is -0.383 e. The fourth-order valence-electron chi connectivity index (χ4n) is 2.65. The van der Waals surface area contributed by atoms with Gasteiger partial charge in [-0.15, -0.1) is 0 Å². The molecule has 21 heavy (non-hydrogen) atoms. The van der Waals surface area contributed by atoms with Crippen LogP contribution in [-0.4, -0.2) is 36.8 Å². The van der Waals surface area contributed by atoms with Crippen LogP contribution in [0.2, 0.25) is 0 Å². The maximum absolute atomic E-state index is 5.06. The van der Waals surface area contributed by atoms with Gasteiger partial charge < -0.3 is 10.1 Å². The number of ether oxygens (including phenoxy) is 1. The van der Waals surface area contributed by atoms with Crippen LogP contribution in [-0.2, 0) is 29.4 Å². The summed E-state index contributed by atoms with van der Waals surface area (Å²) in [6.45, 7) is 9.30. The molecule has 0 amide bonds. The summed E-state index contributed by atoms with van der Waals surface area (Å²) in [6.07, 6.45) is 5.46. The maximum Gasteiger partial charge on any atom is 0.134 e. The zero-order chi connectivity index (χ0) is 15.3. The molecule has 1 saturated carbocycles. The van der Waals surface area contributed by atoms with E-state index in [-0.39, 0.29) is 5.41 Å². The highest BCUT2D eigenvalue weighted by atomic mass is 16.5. The molecule has 0 aliphatic heterocycles. The topological polar surface area (TPSA) is 47.0 Å². The SMILES string of the molecule is CCc1nc(C2(C)CC2)nc(CC)c1CCNCCOC. The van der Waals surface area contributed by atoms with Crippen LogP contribution in [0, 0.1) is 0 Å². The first-order chi connectivity index (χ1) is 10.1. The Balaban J connectivity index is 2.11. The summed E-state index contributed by atoms with van der Waals surface area (Å²) in [7, 11) is 1.73. The largest absolute Gasteiger partial charge is 0.383 e. The van der Waals surface area contributed by atoms with Gasteiger partial charge >= 0.3 is 0 Å². The summed E-state index contributed by atoms with van der Waals surface area (Å²) in [5.41, 5.74) is 4.11. The number of hydrogen-bond donors (Lipinski definition) is 1.